The molecule has 0 spiro atoms. The quantitative estimate of drug-likeness (QED) is 0.836. The van der Waals surface area contributed by atoms with E-state index in [0.29, 0.717) is 6.17 Å². The molecule has 3 heteroatoms. The van der Waals surface area contributed by atoms with Crippen molar-refractivity contribution in [2.24, 2.45) is 0 Å². The zero-order chi connectivity index (χ0) is 13.8. The van der Waals surface area contributed by atoms with Gasteiger partial charge in [-0.2, -0.15) is 0 Å². The average molecular weight is 295 g/mol. The summed E-state index contributed by atoms with van der Waals surface area (Å²) in [4.78, 5) is 3.60. The van der Waals surface area contributed by atoms with Crippen molar-refractivity contribution < 1.29 is 9.80 Å². The number of quaternary nitrogens is 2. The Kier molecular flexibility index (Phi) is 4.98. The Morgan fingerprint density at radius 1 is 0.700 bits per heavy atom. The summed E-state index contributed by atoms with van der Waals surface area (Å²) in [5.41, 5.74) is 1.49. The topological polar surface area (TPSA) is 8.88 Å². The molecule has 1 aromatic carbocycles. The number of piperidine rings is 2. The molecule has 20 heavy (non-hydrogen) atoms. The Bertz CT molecular complexity index is 388. The number of rotatable bonds is 3. The van der Waals surface area contributed by atoms with E-state index in [0.717, 1.165) is 5.02 Å². The SMILES string of the molecule is Clc1ccc(C([NH+]2CCCCC2)[NH+]2CCCCC2)cc1. The van der Waals surface area contributed by atoms with E-state index < -0.39 is 0 Å². The van der Waals surface area contributed by atoms with Gasteiger partial charge in [-0.25, -0.2) is 0 Å². The molecule has 2 fully saturated rings. The van der Waals surface area contributed by atoms with E-state index in [1.54, 1.807) is 9.80 Å². The van der Waals surface area contributed by atoms with Crippen LogP contribution in [0.25, 0.3) is 0 Å². The lowest BCUT2D eigenvalue weighted by Crippen LogP contribution is -3.32. The normalized spacial score (nSPS) is 22.3. The third-order valence-corrected chi connectivity index (χ3v) is 5.26. The fourth-order valence-electron chi connectivity index (χ4n) is 4.00. The summed E-state index contributed by atoms with van der Waals surface area (Å²) in [6.07, 6.45) is 9.06. The number of hydrogen-bond donors (Lipinski definition) is 2. The lowest BCUT2D eigenvalue weighted by molar-refractivity contribution is -1.13. The first-order valence-electron chi connectivity index (χ1n) is 8.29. The number of halogens is 1. The highest BCUT2D eigenvalue weighted by Gasteiger charge is 2.35. The van der Waals surface area contributed by atoms with Crippen molar-refractivity contribution >= 4 is 11.6 Å². The van der Waals surface area contributed by atoms with Crippen LogP contribution in [0.1, 0.15) is 50.3 Å². The summed E-state index contributed by atoms with van der Waals surface area (Å²) in [5, 5.41) is 0.856. The number of hydrogen-bond acceptors (Lipinski definition) is 0. The van der Waals surface area contributed by atoms with Gasteiger partial charge in [-0.1, -0.05) is 11.6 Å². The van der Waals surface area contributed by atoms with Crippen LogP contribution in [-0.2, 0) is 0 Å². The molecular weight excluding hydrogens is 268 g/mol. The second-order valence-electron chi connectivity index (χ2n) is 6.42. The van der Waals surface area contributed by atoms with Gasteiger partial charge in [0.1, 0.15) is 0 Å². The summed E-state index contributed by atoms with van der Waals surface area (Å²) >= 11 is 6.07. The van der Waals surface area contributed by atoms with Gasteiger partial charge in [0.25, 0.3) is 0 Å². The highest BCUT2D eigenvalue weighted by Crippen LogP contribution is 2.13. The molecule has 2 saturated heterocycles. The highest BCUT2D eigenvalue weighted by atomic mass is 35.5. The van der Waals surface area contributed by atoms with Gasteiger partial charge in [0.05, 0.1) is 31.7 Å². The third-order valence-electron chi connectivity index (χ3n) is 5.01. The molecule has 0 amide bonds. The number of likely N-dealkylation sites (tertiary alicyclic amines) is 2. The maximum Gasteiger partial charge on any atom is 0.240 e. The highest BCUT2D eigenvalue weighted by molar-refractivity contribution is 6.30. The molecule has 2 nitrogen and oxygen atoms in total. The molecule has 0 unspecified atom stereocenters. The predicted octanol–water partition coefficient (Wildman–Crippen LogP) is 1.48. The monoisotopic (exact) mass is 294 g/mol. The molecular formula is C17H27ClN2+2. The minimum absolute atomic E-state index is 0.632. The van der Waals surface area contributed by atoms with Crippen LogP contribution < -0.4 is 9.80 Å². The molecule has 2 aliphatic heterocycles. The summed E-state index contributed by atoms with van der Waals surface area (Å²) in [6, 6.07) is 8.65. The zero-order valence-electron chi connectivity index (χ0n) is 12.3. The molecule has 110 valence electrons. The Labute approximate surface area is 127 Å². The first kappa shape index (κ1) is 14.4. The van der Waals surface area contributed by atoms with E-state index >= 15 is 0 Å². The van der Waals surface area contributed by atoms with Crippen LogP contribution in [0.15, 0.2) is 24.3 Å². The number of benzene rings is 1. The van der Waals surface area contributed by atoms with Crippen molar-refractivity contribution in [1.82, 2.24) is 0 Å². The van der Waals surface area contributed by atoms with Crippen molar-refractivity contribution in [3.8, 4) is 0 Å². The fraction of sp³-hybridized carbons (Fsp3) is 0.647. The Hall–Kier alpha value is -0.570. The second kappa shape index (κ2) is 6.93. The molecule has 0 bridgehead atoms. The zero-order valence-corrected chi connectivity index (χ0v) is 13.1. The van der Waals surface area contributed by atoms with Gasteiger partial charge in [-0.15, -0.1) is 0 Å². The summed E-state index contributed by atoms with van der Waals surface area (Å²) in [7, 11) is 0. The van der Waals surface area contributed by atoms with Gasteiger partial charge >= 0.3 is 0 Å². The van der Waals surface area contributed by atoms with Gasteiger partial charge in [-0.3, -0.25) is 9.80 Å². The molecule has 0 atom stereocenters. The van der Waals surface area contributed by atoms with Crippen LogP contribution in [0, 0.1) is 0 Å². The summed E-state index contributed by atoms with van der Waals surface area (Å²) < 4.78 is 0. The van der Waals surface area contributed by atoms with Crippen molar-refractivity contribution in [1.29, 1.82) is 0 Å². The van der Waals surface area contributed by atoms with E-state index in [4.69, 9.17) is 11.6 Å². The molecule has 3 rings (SSSR count). The average Bonchev–Trinajstić information content (AvgIpc) is 2.52. The first-order chi connectivity index (χ1) is 9.84. The van der Waals surface area contributed by atoms with Gasteiger partial charge in [0, 0.05) is 5.02 Å². The lowest BCUT2D eigenvalue weighted by atomic mass is 10.0. The van der Waals surface area contributed by atoms with E-state index in [1.165, 1.54) is 70.3 Å². The molecule has 0 aliphatic carbocycles. The summed E-state index contributed by atoms with van der Waals surface area (Å²) in [6.45, 7) is 5.38. The van der Waals surface area contributed by atoms with Gasteiger partial charge in [-0.05, 0) is 62.8 Å². The molecule has 0 aromatic heterocycles. The van der Waals surface area contributed by atoms with Crippen molar-refractivity contribution in [2.45, 2.75) is 44.7 Å². The molecule has 0 saturated carbocycles. The smallest absolute Gasteiger partial charge is 0.240 e. The molecule has 1 aromatic rings. The van der Waals surface area contributed by atoms with Crippen molar-refractivity contribution in [2.75, 3.05) is 26.2 Å². The van der Waals surface area contributed by atoms with Gasteiger partial charge in [0.15, 0.2) is 0 Å². The second-order valence-corrected chi connectivity index (χ2v) is 6.86. The van der Waals surface area contributed by atoms with Crippen LogP contribution in [0.3, 0.4) is 0 Å². The van der Waals surface area contributed by atoms with E-state index in [1.807, 2.05) is 0 Å². The van der Waals surface area contributed by atoms with E-state index in [9.17, 15) is 0 Å². The van der Waals surface area contributed by atoms with Gasteiger partial charge < -0.3 is 0 Å². The standard InChI is InChI=1S/C17H25ClN2/c18-16-9-7-15(8-10-16)17(19-11-3-1-4-12-19)20-13-5-2-6-14-20/h7-10,17H,1-6,11-14H2/p+2. The lowest BCUT2D eigenvalue weighted by Gasteiger charge is -2.37. The molecule has 2 aliphatic rings. The summed E-state index contributed by atoms with van der Waals surface area (Å²) in [5.74, 6) is 0. The maximum atomic E-state index is 6.07. The molecule has 2 N–H and O–H groups in total. The van der Waals surface area contributed by atoms with E-state index in [-0.39, 0.29) is 0 Å². The third kappa shape index (κ3) is 3.36. The Morgan fingerprint density at radius 2 is 1.15 bits per heavy atom. The Morgan fingerprint density at radius 3 is 1.60 bits per heavy atom. The van der Waals surface area contributed by atoms with Gasteiger partial charge in [0.2, 0.25) is 6.17 Å². The van der Waals surface area contributed by atoms with Crippen LogP contribution in [0.5, 0.6) is 0 Å². The van der Waals surface area contributed by atoms with Crippen LogP contribution in [0.2, 0.25) is 5.02 Å². The van der Waals surface area contributed by atoms with E-state index in [2.05, 4.69) is 24.3 Å². The maximum absolute atomic E-state index is 6.07. The molecule has 2 heterocycles. The van der Waals surface area contributed by atoms with Crippen LogP contribution in [0.4, 0.5) is 0 Å². The predicted molar refractivity (Wildman–Crippen MR) is 83.3 cm³/mol. The van der Waals surface area contributed by atoms with Crippen molar-refractivity contribution in [3.05, 3.63) is 34.9 Å². The molecule has 0 radical (unpaired) electrons. The van der Waals surface area contributed by atoms with Crippen LogP contribution in [-0.4, -0.2) is 26.2 Å². The van der Waals surface area contributed by atoms with Crippen molar-refractivity contribution in [3.63, 3.8) is 0 Å². The Balaban J connectivity index is 1.83. The minimum Gasteiger partial charge on any atom is -0.282 e. The first-order valence-corrected chi connectivity index (χ1v) is 8.67. The number of nitrogens with one attached hydrogen (secondary N) is 2. The largest absolute Gasteiger partial charge is 0.282 e. The minimum atomic E-state index is 0.632. The fourth-order valence-corrected chi connectivity index (χ4v) is 4.13. The van der Waals surface area contributed by atoms with Crippen LogP contribution >= 0.6 is 11.6 Å².